The van der Waals surface area contributed by atoms with Gasteiger partial charge in [0, 0.05) is 10.6 Å². The summed E-state index contributed by atoms with van der Waals surface area (Å²) in [6.07, 6.45) is 1.99. The van der Waals surface area contributed by atoms with Gasteiger partial charge in [-0.1, -0.05) is 30.3 Å². The molecule has 0 heterocycles. The molecular formula is C15H15NOS. The van der Waals surface area contributed by atoms with Gasteiger partial charge in [-0.15, -0.1) is 11.8 Å². The van der Waals surface area contributed by atoms with Crippen molar-refractivity contribution in [3.05, 3.63) is 59.7 Å². The summed E-state index contributed by atoms with van der Waals surface area (Å²) in [5.74, 6) is -0.0609. The molecule has 0 aliphatic rings. The van der Waals surface area contributed by atoms with E-state index in [9.17, 15) is 4.79 Å². The maximum atomic E-state index is 12.2. The summed E-state index contributed by atoms with van der Waals surface area (Å²) in [6, 6.07) is 15.3. The number of aryl methyl sites for hydroxylation is 1. The van der Waals surface area contributed by atoms with Crippen molar-refractivity contribution in [2.45, 2.75) is 11.8 Å². The van der Waals surface area contributed by atoms with Gasteiger partial charge in [-0.2, -0.15) is 0 Å². The van der Waals surface area contributed by atoms with Gasteiger partial charge in [0.25, 0.3) is 5.91 Å². The molecule has 2 aromatic carbocycles. The van der Waals surface area contributed by atoms with Crippen molar-refractivity contribution >= 4 is 23.4 Å². The molecule has 0 aliphatic carbocycles. The lowest BCUT2D eigenvalue weighted by Crippen LogP contribution is -2.13. The Hall–Kier alpha value is -1.74. The molecule has 3 heteroatoms. The molecule has 0 atom stereocenters. The van der Waals surface area contributed by atoms with Gasteiger partial charge in [0.1, 0.15) is 0 Å². The van der Waals surface area contributed by atoms with E-state index in [0.29, 0.717) is 0 Å². The molecule has 1 N–H and O–H groups in total. The summed E-state index contributed by atoms with van der Waals surface area (Å²) in [5.41, 5.74) is 2.67. The topological polar surface area (TPSA) is 29.1 Å². The predicted octanol–water partition coefficient (Wildman–Crippen LogP) is 3.97. The number of anilines is 1. The van der Waals surface area contributed by atoms with E-state index in [-0.39, 0.29) is 5.91 Å². The van der Waals surface area contributed by atoms with Gasteiger partial charge in [-0.05, 0) is 36.9 Å². The first-order valence-electron chi connectivity index (χ1n) is 5.72. The Morgan fingerprint density at radius 1 is 1.06 bits per heavy atom. The fourth-order valence-electron chi connectivity index (χ4n) is 1.82. The summed E-state index contributed by atoms with van der Waals surface area (Å²) in [4.78, 5) is 13.3. The minimum absolute atomic E-state index is 0.0609. The van der Waals surface area contributed by atoms with Crippen LogP contribution in [0.4, 0.5) is 5.69 Å². The highest BCUT2D eigenvalue weighted by atomic mass is 32.2. The van der Waals surface area contributed by atoms with Crippen LogP contribution in [0, 0.1) is 6.92 Å². The summed E-state index contributed by atoms with van der Waals surface area (Å²) < 4.78 is 0. The van der Waals surface area contributed by atoms with Gasteiger partial charge in [0.15, 0.2) is 0 Å². The highest BCUT2D eigenvalue weighted by Crippen LogP contribution is 2.25. The number of carbonyl (C=O) groups excluding carboxylic acids is 1. The SMILES string of the molecule is CSc1c(C)cccc1C(=O)Nc1ccccc1. The van der Waals surface area contributed by atoms with E-state index in [1.807, 2.05) is 61.7 Å². The number of thioether (sulfide) groups is 1. The Kier molecular flexibility index (Phi) is 4.05. The number of hydrogen-bond donors (Lipinski definition) is 1. The van der Waals surface area contributed by atoms with Crippen molar-refractivity contribution in [3.63, 3.8) is 0 Å². The Balaban J connectivity index is 2.27. The smallest absolute Gasteiger partial charge is 0.256 e. The van der Waals surface area contributed by atoms with Crippen molar-refractivity contribution < 1.29 is 4.79 Å². The zero-order valence-corrected chi connectivity index (χ0v) is 11.3. The monoisotopic (exact) mass is 257 g/mol. The highest BCUT2D eigenvalue weighted by molar-refractivity contribution is 7.98. The standard InChI is InChI=1S/C15H15NOS/c1-11-7-6-10-13(14(11)18-2)15(17)16-12-8-4-3-5-9-12/h3-10H,1-2H3,(H,16,17). The second-order valence-electron chi connectivity index (χ2n) is 3.98. The van der Waals surface area contributed by atoms with E-state index in [1.54, 1.807) is 11.8 Å². The molecule has 2 aromatic rings. The Labute approximate surface area is 111 Å². The maximum absolute atomic E-state index is 12.2. The molecule has 0 saturated heterocycles. The van der Waals surface area contributed by atoms with Crippen LogP contribution in [0.2, 0.25) is 0 Å². The van der Waals surface area contributed by atoms with Crippen molar-refractivity contribution in [3.8, 4) is 0 Å². The molecule has 0 aromatic heterocycles. The summed E-state index contributed by atoms with van der Waals surface area (Å²) >= 11 is 1.60. The van der Waals surface area contributed by atoms with E-state index in [4.69, 9.17) is 0 Å². The zero-order chi connectivity index (χ0) is 13.0. The van der Waals surface area contributed by atoms with E-state index in [1.165, 1.54) is 0 Å². The first-order valence-corrected chi connectivity index (χ1v) is 6.95. The number of hydrogen-bond acceptors (Lipinski definition) is 2. The fraction of sp³-hybridized carbons (Fsp3) is 0.133. The van der Waals surface area contributed by atoms with E-state index in [2.05, 4.69) is 5.32 Å². The van der Waals surface area contributed by atoms with Crippen LogP contribution in [0.5, 0.6) is 0 Å². The molecule has 0 saturated carbocycles. The lowest BCUT2D eigenvalue weighted by Gasteiger charge is -2.10. The molecular weight excluding hydrogens is 242 g/mol. The van der Waals surface area contributed by atoms with E-state index in [0.717, 1.165) is 21.7 Å². The average molecular weight is 257 g/mol. The number of rotatable bonds is 3. The summed E-state index contributed by atoms with van der Waals surface area (Å²) in [7, 11) is 0. The Bertz CT molecular complexity index is 552. The van der Waals surface area contributed by atoms with Gasteiger partial charge in [0.2, 0.25) is 0 Å². The highest BCUT2D eigenvalue weighted by Gasteiger charge is 2.12. The molecule has 1 amide bonds. The maximum Gasteiger partial charge on any atom is 0.256 e. The molecule has 0 spiro atoms. The van der Waals surface area contributed by atoms with Gasteiger partial charge in [-0.25, -0.2) is 0 Å². The zero-order valence-electron chi connectivity index (χ0n) is 10.4. The van der Waals surface area contributed by atoms with Crippen molar-refractivity contribution in [2.24, 2.45) is 0 Å². The molecule has 0 radical (unpaired) electrons. The molecule has 92 valence electrons. The Morgan fingerprint density at radius 3 is 2.44 bits per heavy atom. The van der Waals surface area contributed by atoms with Gasteiger partial charge < -0.3 is 5.32 Å². The fourth-order valence-corrected chi connectivity index (χ4v) is 2.59. The number of nitrogens with one attached hydrogen (secondary N) is 1. The normalized spacial score (nSPS) is 10.1. The van der Waals surface area contributed by atoms with E-state index >= 15 is 0 Å². The lowest BCUT2D eigenvalue weighted by molar-refractivity contribution is 0.102. The third-order valence-electron chi connectivity index (χ3n) is 2.69. The van der Waals surface area contributed by atoms with Crippen molar-refractivity contribution in [2.75, 3.05) is 11.6 Å². The Morgan fingerprint density at radius 2 is 1.78 bits per heavy atom. The van der Waals surface area contributed by atoms with Crippen LogP contribution in [-0.4, -0.2) is 12.2 Å². The van der Waals surface area contributed by atoms with Crippen LogP contribution < -0.4 is 5.32 Å². The van der Waals surface area contributed by atoms with Crippen LogP contribution in [0.3, 0.4) is 0 Å². The van der Waals surface area contributed by atoms with Crippen molar-refractivity contribution in [1.82, 2.24) is 0 Å². The lowest BCUT2D eigenvalue weighted by atomic mass is 10.1. The van der Waals surface area contributed by atoms with Crippen LogP contribution in [-0.2, 0) is 0 Å². The minimum atomic E-state index is -0.0609. The predicted molar refractivity (Wildman–Crippen MR) is 77.4 cm³/mol. The molecule has 2 rings (SSSR count). The van der Waals surface area contributed by atoms with Gasteiger partial charge >= 0.3 is 0 Å². The summed E-state index contributed by atoms with van der Waals surface area (Å²) in [6.45, 7) is 2.02. The second-order valence-corrected chi connectivity index (χ2v) is 4.79. The van der Waals surface area contributed by atoms with Crippen molar-refractivity contribution in [1.29, 1.82) is 0 Å². The van der Waals surface area contributed by atoms with Gasteiger partial charge in [0.05, 0.1) is 5.56 Å². The number of carbonyl (C=O) groups is 1. The van der Waals surface area contributed by atoms with Crippen LogP contribution in [0.1, 0.15) is 15.9 Å². The quantitative estimate of drug-likeness (QED) is 0.843. The first kappa shape index (κ1) is 12.7. The molecule has 18 heavy (non-hydrogen) atoms. The minimum Gasteiger partial charge on any atom is -0.322 e. The molecule has 0 fully saturated rings. The number of amides is 1. The molecule has 2 nitrogen and oxygen atoms in total. The average Bonchev–Trinajstić information content (AvgIpc) is 2.39. The first-order chi connectivity index (χ1) is 8.72. The third kappa shape index (κ3) is 2.74. The number of para-hydroxylation sites is 1. The third-order valence-corrected chi connectivity index (χ3v) is 3.64. The van der Waals surface area contributed by atoms with Gasteiger partial charge in [-0.3, -0.25) is 4.79 Å². The molecule has 0 aliphatic heterocycles. The van der Waals surface area contributed by atoms with Crippen LogP contribution in [0.15, 0.2) is 53.4 Å². The molecule has 0 unspecified atom stereocenters. The molecule has 0 bridgehead atoms. The number of benzene rings is 2. The summed E-state index contributed by atoms with van der Waals surface area (Å²) in [5, 5.41) is 2.91. The second kappa shape index (κ2) is 5.74. The largest absolute Gasteiger partial charge is 0.322 e. The van der Waals surface area contributed by atoms with Crippen LogP contribution >= 0.6 is 11.8 Å². The van der Waals surface area contributed by atoms with Crippen LogP contribution in [0.25, 0.3) is 0 Å². The van der Waals surface area contributed by atoms with E-state index < -0.39 is 0 Å².